The first-order valence-electron chi connectivity index (χ1n) is 5.59. The fraction of sp³-hybridized carbons (Fsp3) is 0.429. The molecule has 2 heteroatoms. The second-order valence-electron chi connectivity index (χ2n) is 3.48. The molecule has 1 unspecified atom stereocenters. The molecule has 1 N–H and O–H groups in total. The van der Waals surface area contributed by atoms with Crippen molar-refractivity contribution in [3.8, 4) is 11.8 Å². The van der Waals surface area contributed by atoms with Crippen LogP contribution in [-0.4, -0.2) is 12.8 Å². The van der Waals surface area contributed by atoms with E-state index in [2.05, 4.69) is 54.6 Å². The molecular weight excluding hydrogens is 214 g/mol. The highest BCUT2D eigenvalue weighted by molar-refractivity contribution is 7.98. The maximum absolute atomic E-state index is 3.49. The summed E-state index contributed by atoms with van der Waals surface area (Å²) in [4.78, 5) is 1.34. The van der Waals surface area contributed by atoms with Crippen molar-refractivity contribution >= 4 is 11.8 Å². The zero-order valence-electron chi connectivity index (χ0n) is 10.2. The molecule has 0 radical (unpaired) electrons. The van der Waals surface area contributed by atoms with Crippen molar-refractivity contribution in [2.24, 2.45) is 0 Å². The molecule has 1 atom stereocenters. The maximum Gasteiger partial charge on any atom is 0.0441 e. The number of nitrogens with one attached hydrogen (secondary N) is 1. The van der Waals surface area contributed by atoms with Crippen LogP contribution in [0.25, 0.3) is 0 Å². The molecule has 1 aromatic carbocycles. The van der Waals surface area contributed by atoms with Gasteiger partial charge in [-0.2, -0.15) is 0 Å². The third-order valence-electron chi connectivity index (χ3n) is 2.45. The van der Waals surface area contributed by atoms with Gasteiger partial charge in [0.05, 0.1) is 0 Å². The molecule has 86 valence electrons. The average Bonchev–Trinajstić information content (AvgIpc) is 2.34. The van der Waals surface area contributed by atoms with Gasteiger partial charge in [0.2, 0.25) is 0 Å². The minimum atomic E-state index is 0.348. The maximum atomic E-state index is 3.49. The highest BCUT2D eigenvalue weighted by Crippen LogP contribution is 2.27. The largest absolute Gasteiger partial charge is 0.309 e. The quantitative estimate of drug-likeness (QED) is 0.617. The highest BCUT2D eigenvalue weighted by Gasteiger charge is 2.12. The third-order valence-corrected chi connectivity index (χ3v) is 3.26. The summed E-state index contributed by atoms with van der Waals surface area (Å²) in [6.45, 7) is 5.00. The molecule has 0 amide bonds. The second-order valence-corrected chi connectivity index (χ2v) is 4.33. The summed E-state index contributed by atoms with van der Waals surface area (Å²) in [5.41, 5.74) is 1.36. The van der Waals surface area contributed by atoms with E-state index in [1.54, 1.807) is 11.8 Å². The monoisotopic (exact) mass is 233 g/mol. The van der Waals surface area contributed by atoms with Gasteiger partial charge in [-0.05, 0) is 31.4 Å². The van der Waals surface area contributed by atoms with Gasteiger partial charge in [0.1, 0.15) is 0 Å². The van der Waals surface area contributed by atoms with Crippen LogP contribution in [0.4, 0.5) is 0 Å². The van der Waals surface area contributed by atoms with Crippen LogP contribution in [0, 0.1) is 11.8 Å². The van der Waals surface area contributed by atoms with Crippen LogP contribution >= 0.6 is 11.8 Å². The lowest BCUT2D eigenvalue weighted by atomic mass is 10.0. The summed E-state index contributed by atoms with van der Waals surface area (Å²) in [6, 6.07) is 8.89. The first kappa shape index (κ1) is 13.2. The molecule has 1 rings (SSSR count). The number of hydrogen-bond donors (Lipinski definition) is 1. The molecule has 1 nitrogen and oxygen atoms in total. The average molecular weight is 233 g/mol. The van der Waals surface area contributed by atoms with Crippen LogP contribution in [0.2, 0.25) is 0 Å². The van der Waals surface area contributed by atoms with Crippen LogP contribution in [0.3, 0.4) is 0 Å². The van der Waals surface area contributed by atoms with Crippen LogP contribution < -0.4 is 5.32 Å². The van der Waals surface area contributed by atoms with Gasteiger partial charge in [-0.15, -0.1) is 23.6 Å². The Bertz CT molecular complexity index is 376. The van der Waals surface area contributed by atoms with Gasteiger partial charge in [0.25, 0.3) is 0 Å². The molecule has 1 aromatic rings. The lowest BCUT2D eigenvalue weighted by molar-refractivity contribution is 0.557. The minimum Gasteiger partial charge on any atom is -0.309 e. The molecule has 0 spiro atoms. The SMILES string of the molecule is CC#CCC(NCC)c1ccccc1SC. The molecule has 16 heavy (non-hydrogen) atoms. The fourth-order valence-electron chi connectivity index (χ4n) is 1.70. The normalized spacial score (nSPS) is 11.7. The molecule has 0 aromatic heterocycles. The van der Waals surface area contributed by atoms with E-state index in [0.717, 1.165) is 13.0 Å². The Labute approximate surface area is 103 Å². The zero-order chi connectivity index (χ0) is 11.8. The van der Waals surface area contributed by atoms with E-state index in [4.69, 9.17) is 0 Å². The van der Waals surface area contributed by atoms with Gasteiger partial charge < -0.3 is 5.32 Å². The number of hydrogen-bond acceptors (Lipinski definition) is 2. The molecular formula is C14H19NS. The Morgan fingerprint density at radius 2 is 2.12 bits per heavy atom. The molecule has 0 saturated carbocycles. The van der Waals surface area contributed by atoms with Crippen molar-refractivity contribution in [2.45, 2.75) is 31.2 Å². The highest BCUT2D eigenvalue weighted by atomic mass is 32.2. The van der Waals surface area contributed by atoms with Crippen LogP contribution in [0.5, 0.6) is 0 Å². The standard InChI is InChI=1S/C14H19NS/c1-4-6-10-13(15-5-2)12-9-7-8-11-14(12)16-3/h7-9,11,13,15H,5,10H2,1-3H3. The zero-order valence-corrected chi connectivity index (χ0v) is 11.0. The van der Waals surface area contributed by atoms with Crippen molar-refractivity contribution in [3.05, 3.63) is 29.8 Å². The van der Waals surface area contributed by atoms with Gasteiger partial charge in [-0.1, -0.05) is 25.1 Å². The molecule has 0 bridgehead atoms. The van der Waals surface area contributed by atoms with Gasteiger partial charge in [-0.25, -0.2) is 0 Å². The van der Waals surface area contributed by atoms with Gasteiger partial charge >= 0.3 is 0 Å². The van der Waals surface area contributed by atoms with Crippen molar-refractivity contribution in [1.29, 1.82) is 0 Å². The lowest BCUT2D eigenvalue weighted by Crippen LogP contribution is -2.21. The van der Waals surface area contributed by atoms with Crippen LogP contribution in [0.15, 0.2) is 29.2 Å². The Hall–Kier alpha value is -0.910. The Balaban J connectivity index is 2.93. The van der Waals surface area contributed by atoms with Crippen molar-refractivity contribution in [1.82, 2.24) is 5.32 Å². The summed E-state index contributed by atoms with van der Waals surface area (Å²) >= 11 is 1.79. The van der Waals surface area contributed by atoms with Crippen LogP contribution in [0.1, 0.15) is 31.9 Å². The first-order valence-corrected chi connectivity index (χ1v) is 6.81. The van der Waals surface area contributed by atoms with E-state index in [1.807, 2.05) is 6.92 Å². The van der Waals surface area contributed by atoms with Crippen molar-refractivity contribution in [3.63, 3.8) is 0 Å². The number of benzene rings is 1. The Morgan fingerprint density at radius 3 is 2.75 bits per heavy atom. The fourth-order valence-corrected chi connectivity index (χ4v) is 2.36. The smallest absolute Gasteiger partial charge is 0.0441 e. The summed E-state index contributed by atoms with van der Waals surface area (Å²) in [7, 11) is 0. The van der Waals surface area contributed by atoms with E-state index in [9.17, 15) is 0 Å². The van der Waals surface area contributed by atoms with E-state index in [-0.39, 0.29) is 0 Å². The minimum absolute atomic E-state index is 0.348. The second kappa shape index (κ2) is 7.38. The lowest BCUT2D eigenvalue weighted by Gasteiger charge is -2.18. The summed E-state index contributed by atoms with van der Waals surface area (Å²) in [5.74, 6) is 6.13. The van der Waals surface area contributed by atoms with E-state index in [1.165, 1.54) is 10.5 Å². The Morgan fingerprint density at radius 1 is 1.38 bits per heavy atom. The van der Waals surface area contributed by atoms with E-state index >= 15 is 0 Å². The molecule has 0 heterocycles. The molecule has 0 aliphatic carbocycles. The van der Waals surface area contributed by atoms with Gasteiger partial charge in [0.15, 0.2) is 0 Å². The summed E-state index contributed by atoms with van der Waals surface area (Å²) in [6.07, 6.45) is 3.00. The predicted molar refractivity (Wildman–Crippen MR) is 72.7 cm³/mol. The predicted octanol–water partition coefficient (Wildman–Crippen LogP) is 3.47. The third kappa shape index (κ3) is 3.59. The van der Waals surface area contributed by atoms with Gasteiger partial charge in [-0.3, -0.25) is 0 Å². The van der Waals surface area contributed by atoms with E-state index < -0.39 is 0 Å². The van der Waals surface area contributed by atoms with Crippen molar-refractivity contribution in [2.75, 3.05) is 12.8 Å². The molecule has 0 fully saturated rings. The molecule has 0 saturated heterocycles. The number of thioether (sulfide) groups is 1. The topological polar surface area (TPSA) is 12.0 Å². The van der Waals surface area contributed by atoms with Gasteiger partial charge in [0, 0.05) is 17.4 Å². The Kier molecular flexibility index (Phi) is 6.07. The summed E-state index contributed by atoms with van der Waals surface area (Å²) < 4.78 is 0. The molecule has 0 aliphatic heterocycles. The number of rotatable bonds is 5. The molecule has 0 aliphatic rings. The van der Waals surface area contributed by atoms with Crippen LogP contribution in [-0.2, 0) is 0 Å². The first-order chi connectivity index (χ1) is 7.83. The summed E-state index contributed by atoms with van der Waals surface area (Å²) in [5, 5.41) is 3.49. The van der Waals surface area contributed by atoms with E-state index in [0.29, 0.717) is 6.04 Å². The van der Waals surface area contributed by atoms with Crippen molar-refractivity contribution < 1.29 is 0 Å².